The number of nitrogens with zero attached hydrogens (tertiary/aromatic N) is 15. The number of hydrogen-bond donors (Lipinski definition) is 4. The fraction of sp³-hybridized carbons (Fsp3) is 0.357. The molecule has 79 heavy (non-hydrogen) atoms. The summed E-state index contributed by atoms with van der Waals surface area (Å²) in [5.41, 5.74) is 13.6. The number of nitrogen functional groups attached to an aromatic ring is 1. The first kappa shape index (κ1) is 57.4. The van der Waals surface area contributed by atoms with Crippen LogP contribution in [-0.4, -0.2) is 94.3 Å². The summed E-state index contributed by atoms with van der Waals surface area (Å²) in [7, 11) is 0. The van der Waals surface area contributed by atoms with Crippen LogP contribution in [-0.2, 0) is 11.2 Å². The van der Waals surface area contributed by atoms with E-state index in [1.165, 1.54) is 11.8 Å². The second-order valence-corrected chi connectivity index (χ2v) is 20.3. The van der Waals surface area contributed by atoms with Gasteiger partial charge in [0.05, 0.1) is 54.8 Å². The Labute approximate surface area is 455 Å². The number of carbonyl (C=O) groups excluding carboxylic acids is 2. The zero-order valence-corrected chi connectivity index (χ0v) is 46.9. The molecule has 412 valence electrons. The molecule has 9 heterocycles. The molecule has 0 saturated carbocycles. The molecule has 0 radical (unpaired) electrons. The first-order valence-corrected chi connectivity index (χ1v) is 26.1. The number of rotatable bonds is 10. The summed E-state index contributed by atoms with van der Waals surface area (Å²) >= 11 is 0. The number of aromatic amines is 2. The van der Waals surface area contributed by atoms with Crippen LogP contribution in [0.25, 0.3) is 55.7 Å². The molecule has 0 fully saturated rings. The maximum Gasteiger partial charge on any atom is 0.279 e. The number of para-hydroxylation sites is 2. The minimum absolute atomic E-state index is 0.0538. The van der Waals surface area contributed by atoms with E-state index in [0.29, 0.717) is 74.2 Å². The second kappa shape index (κ2) is 25.2. The summed E-state index contributed by atoms with van der Waals surface area (Å²) in [6.45, 7) is 26.1. The zero-order valence-electron chi connectivity index (χ0n) is 46.9. The van der Waals surface area contributed by atoms with Gasteiger partial charge in [-0.15, -0.1) is 0 Å². The zero-order chi connectivity index (χ0) is 57.2. The Balaban J connectivity index is 0.000000145. The minimum atomic E-state index is -0.295. The highest BCUT2D eigenvalue weighted by atomic mass is 16.2. The molecule has 23 nitrogen and oxygen atoms in total. The lowest BCUT2D eigenvalue weighted by molar-refractivity contribution is -0.121. The summed E-state index contributed by atoms with van der Waals surface area (Å²) in [6.07, 6.45) is 11.9. The molecule has 0 saturated heterocycles. The molecule has 1 amide bonds. The first-order valence-electron chi connectivity index (χ1n) is 26.1. The van der Waals surface area contributed by atoms with Crippen molar-refractivity contribution in [3.63, 3.8) is 0 Å². The maximum absolute atomic E-state index is 12.2. The lowest BCUT2D eigenvalue weighted by atomic mass is 10.1. The van der Waals surface area contributed by atoms with Crippen LogP contribution < -0.4 is 22.2 Å². The molecule has 5 N–H and O–H groups in total. The molecular weight excluding hydrogens is 1000 g/mol. The van der Waals surface area contributed by atoms with Gasteiger partial charge in [-0.25, -0.2) is 49.8 Å². The van der Waals surface area contributed by atoms with Gasteiger partial charge in [-0.3, -0.25) is 19.2 Å². The largest absolute Gasteiger partial charge is 0.382 e. The molecule has 0 spiro atoms. The van der Waals surface area contributed by atoms with Gasteiger partial charge in [0.2, 0.25) is 0 Å². The molecule has 9 aromatic heterocycles. The Kier molecular flexibility index (Phi) is 18.4. The molecule has 11 aromatic rings. The smallest absolute Gasteiger partial charge is 0.279 e. The summed E-state index contributed by atoms with van der Waals surface area (Å²) in [4.78, 5) is 94.5. The van der Waals surface area contributed by atoms with Crippen molar-refractivity contribution in [2.45, 2.75) is 127 Å². The number of anilines is 2. The maximum atomic E-state index is 12.2. The quantitative estimate of drug-likeness (QED) is 0.0992. The topological polar surface area (TPSA) is 291 Å². The number of nitrogens with two attached hydrogens (primary N) is 1. The van der Waals surface area contributed by atoms with Crippen LogP contribution in [0.5, 0.6) is 0 Å². The van der Waals surface area contributed by atoms with Gasteiger partial charge in [0.25, 0.3) is 17.0 Å². The number of aryl methyl sites for hydroxylation is 1. The van der Waals surface area contributed by atoms with E-state index in [0.717, 1.165) is 16.8 Å². The number of fused-ring (bicyclic) bond motifs is 5. The number of carbonyl (C=O) groups is 2. The summed E-state index contributed by atoms with van der Waals surface area (Å²) in [5.74, 6) is 1.28. The van der Waals surface area contributed by atoms with E-state index in [-0.39, 0.29) is 53.3 Å². The van der Waals surface area contributed by atoms with Crippen molar-refractivity contribution in [3.05, 3.63) is 143 Å². The number of hydrogen-bond acceptors (Lipinski definition) is 15. The van der Waals surface area contributed by atoms with Crippen molar-refractivity contribution in [1.29, 1.82) is 0 Å². The van der Waals surface area contributed by atoms with E-state index < -0.39 is 0 Å². The lowest BCUT2D eigenvalue weighted by Crippen LogP contribution is -2.18. The summed E-state index contributed by atoms with van der Waals surface area (Å²) < 4.78 is 9.84. The predicted octanol–water partition coefficient (Wildman–Crippen LogP) is 9.35. The molecule has 0 aliphatic carbocycles. The number of aromatic nitrogens is 17. The van der Waals surface area contributed by atoms with Crippen molar-refractivity contribution in [2.75, 3.05) is 11.1 Å². The number of amides is 1. The van der Waals surface area contributed by atoms with Crippen LogP contribution in [0.3, 0.4) is 0 Å². The van der Waals surface area contributed by atoms with Gasteiger partial charge in [-0.1, -0.05) is 44.2 Å². The Hall–Kier alpha value is -9.28. The van der Waals surface area contributed by atoms with Crippen molar-refractivity contribution in [1.82, 2.24) is 82.6 Å². The van der Waals surface area contributed by atoms with Crippen molar-refractivity contribution >= 4 is 78.9 Å². The molecule has 0 atom stereocenters. The predicted molar refractivity (Wildman–Crippen MR) is 308 cm³/mol. The summed E-state index contributed by atoms with van der Waals surface area (Å²) in [5, 5.41) is 2.90. The highest BCUT2D eigenvalue weighted by Crippen LogP contribution is 2.24. The number of H-pyrrole nitrogens is 2. The number of benzene rings is 2. The van der Waals surface area contributed by atoms with Gasteiger partial charge >= 0.3 is 0 Å². The average molecular weight is 1070 g/mol. The molecular formula is C56H69N19O4. The molecule has 2 aromatic carbocycles. The normalized spacial score (nSPS) is 11.3. The summed E-state index contributed by atoms with van der Waals surface area (Å²) in [6, 6.07) is 20.6. The van der Waals surface area contributed by atoms with E-state index in [2.05, 4.69) is 117 Å². The Morgan fingerprint density at radius 1 is 0.532 bits per heavy atom. The third-order valence-electron chi connectivity index (χ3n) is 12.4. The monoisotopic (exact) mass is 1070 g/mol. The molecule has 0 aliphatic rings. The van der Waals surface area contributed by atoms with Crippen molar-refractivity contribution in [3.8, 4) is 0 Å². The molecule has 0 bridgehead atoms. The highest BCUT2D eigenvalue weighted by Gasteiger charge is 2.17. The Bertz CT molecular complexity index is 3970. The van der Waals surface area contributed by atoms with Crippen LogP contribution in [0.4, 0.5) is 11.5 Å². The Morgan fingerprint density at radius 3 is 1.61 bits per heavy atom. The van der Waals surface area contributed by atoms with Crippen molar-refractivity contribution < 1.29 is 9.59 Å². The lowest BCUT2D eigenvalue weighted by Gasteiger charge is -2.08. The van der Waals surface area contributed by atoms with E-state index in [1.54, 1.807) is 56.6 Å². The Morgan fingerprint density at radius 2 is 1.03 bits per heavy atom. The fourth-order valence-corrected chi connectivity index (χ4v) is 8.05. The number of nitrogens with one attached hydrogen (secondary N) is 3. The van der Waals surface area contributed by atoms with E-state index >= 15 is 0 Å². The van der Waals surface area contributed by atoms with Crippen LogP contribution in [0.2, 0.25) is 0 Å². The van der Waals surface area contributed by atoms with Gasteiger partial charge in [-0.2, -0.15) is 0 Å². The molecule has 0 aliphatic heterocycles. The van der Waals surface area contributed by atoms with Gasteiger partial charge < -0.3 is 43.9 Å². The molecule has 11 rings (SSSR count). The van der Waals surface area contributed by atoms with Crippen LogP contribution in [0, 0.1) is 12.8 Å². The van der Waals surface area contributed by atoms with Crippen LogP contribution in [0.1, 0.15) is 135 Å². The number of Topliss-reactive ketones (excluding diaryl/α,β-unsaturated/α-hetero) is 1. The van der Waals surface area contributed by atoms with E-state index in [1.807, 2.05) is 103 Å². The number of imidazole rings is 5. The minimum Gasteiger partial charge on any atom is -0.382 e. The van der Waals surface area contributed by atoms with E-state index in [4.69, 9.17) is 5.73 Å². The van der Waals surface area contributed by atoms with Crippen LogP contribution >= 0.6 is 0 Å². The van der Waals surface area contributed by atoms with Gasteiger partial charge in [0.15, 0.2) is 39.4 Å². The van der Waals surface area contributed by atoms with Gasteiger partial charge in [0, 0.05) is 47.9 Å². The van der Waals surface area contributed by atoms with Crippen LogP contribution in [0.15, 0.2) is 114 Å². The van der Waals surface area contributed by atoms with Gasteiger partial charge in [-0.05, 0) is 106 Å². The van der Waals surface area contributed by atoms with Crippen molar-refractivity contribution in [2.24, 2.45) is 5.92 Å². The average Bonchev–Trinajstić information content (AvgIpc) is 4.36. The standard InChI is InChI=1S/C16H16N4O.C13H18N4O2.C10H12N2.C9H12N4O.C8H11N5/c1-11(2)20-10-18-14-13(8-9-17-15(14)20)19-16(21)12-6-4-3-5-7-12;1-7(2)9(18)5-10-15-12-11(13(19)16-10)14-6-17(12)8(3)4;1-8(2)12-7-11-9-5-3-4-6-10(9)12;1-5(2)13-4-10-7-8(13)11-6(3)12-9(7)14;1-5(2)13-4-12-6-7(9)10-3-11-8(6)13/h3-11H,1-2H3,(H,17,19,21);6-8H,5H2,1-4H3,(H,15,16,19);3-8H,1-2H3;4-5H,1-3H3,(H,11,12,14);3-5H,1-2H3,(H2,9,10,11). The highest BCUT2D eigenvalue weighted by molar-refractivity contribution is 6.07. The fourth-order valence-electron chi connectivity index (χ4n) is 8.05. The SMILES string of the molecule is CC(C)C(=O)Cc1nc2c(ncn2C(C)C)c(=O)[nH]1.CC(C)n1cnc2c(N)ncnc21.CC(C)n1cnc2c(NC(=O)c3ccccc3)ccnc21.CC(C)n1cnc2ccccc21.Cc1nc2c(ncn2C(C)C)c(=O)[nH]1. The molecule has 0 unspecified atom stereocenters. The third-order valence-corrected chi connectivity index (χ3v) is 12.4. The second-order valence-electron chi connectivity index (χ2n) is 20.3. The third kappa shape index (κ3) is 13.5. The number of ketones is 1. The van der Waals surface area contributed by atoms with E-state index in [9.17, 15) is 19.2 Å². The first-order chi connectivity index (χ1) is 37.6. The van der Waals surface area contributed by atoms with Gasteiger partial charge in [0.1, 0.15) is 34.8 Å². The molecule has 23 heteroatoms. The number of pyridine rings is 1.